The maximum absolute atomic E-state index is 13.7. The van der Waals surface area contributed by atoms with Gasteiger partial charge in [-0.1, -0.05) is 17.7 Å². The highest BCUT2D eigenvalue weighted by molar-refractivity contribution is 5.98. The number of amides is 3. The van der Waals surface area contributed by atoms with Crippen molar-refractivity contribution in [2.45, 2.75) is 32.0 Å². The SMILES string of the molecule is CNC(=O)C1CCCN1C(=O)CNC(=O)c1cnn(-c2ccc(C)cc2)c1C(F)(F)F. The molecule has 3 amide bonds. The number of nitrogens with one attached hydrogen (secondary N) is 2. The van der Waals surface area contributed by atoms with Gasteiger partial charge in [-0.3, -0.25) is 14.4 Å². The van der Waals surface area contributed by atoms with Gasteiger partial charge in [-0.25, -0.2) is 4.68 Å². The fourth-order valence-electron chi connectivity index (χ4n) is 3.53. The molecule has 0 spiro atoms. The number of carbonyl (C=O) groups is 3. The number of benzene rings is 1. The summed E-state index contributed by atoms with van der Waals surface area (Å²) in [6, 6.07) is 5.55. The average molecular weight is 437 g/mol. The van der Waals surface area contributed by atoms with Crippen LogP contribution in [0.5, 0.6) is 0 Å². The van der Waals surface area contributed by atoms with Crippen LogP contribution in [0.15, 0.2) is 30.5 Å². The Labute approximate surface area is 176 Å². The third kappa shape index (κ3) is 4.70. The monoisotopic (exact) mass is 437 g/mol. The third-order valence-corrected chi connectivity index (χ3v) is 5.08. The average Bonchev–Trinajstić information content (AvgIpc) is 3.39. The molecule has 31 heavy (non-hydrogen) atoms. The molecule has 1 unspecified atom stereocenters. The number of alkyl halides is 3. The predicted octanol–water partition coefficient (Wildman–Crippen LogP) is 1.67. The first-order chi connectivity index (χ1) is 14.6. The van der Waals surface area contributed by atoms with E-state index in [1.54, 1.807) is 19.1 Å². The van der Waals surface area contributed by atoms with Gasteiger partial charge in [0.15, 0.2) is 5.69 Å². The number of hydrogen-bond donors (Lipinski definition) is 2. The molecule has 3 rings (SSSR count). The van der Waals surface area contributed by atoms with Crippen molar-refractivity contribution in [3.05, 3.63) is 47.3 Å². The number of hydrogen-bond acceptors (Lipinski definition) is 4. The first-order valence-electron chi connectivity index (χ1n) is 9.65. The van der Waals surface area contributed by atoms with Crippen molar-refractivity contribution >= 4 is 17.7 Å². The highest BCUT2D eigenvalue weighted by atomic mass is 19.4. The molecule has 2 aromatic rings. The van der Waals surface area contributed by atoms with Crippen LogP contribution in [-0.2, 0) is 15.8 Å². The smallest absolute Gasteiger partial charge is 0.357 e. The summed E-state index contributed by atoms with van der Waals surface area (Å²) in [5, 5.41) is 8.44. The van der Waals surface area contributed by atoms with Gasteiger partial charge in [0.05, 0.1) is 24.0 Å². The normalized spacial score (nSPS) is 16.3. The van der Waals surface area contributed by atoms with E-state index in [-0.39, 0.29) is 11.6 Å². The van der Waals surface area contributed by atoms with E-state index < -0.39 is 41.8 Å². The standard InChI is InChI=1S/C20H22F3N5O3/c1-12-5-7-13(8-6-12)28-17(20(21,22)23)14(10-26-28)18(30)25-11-16(29)27-9-3-4-15(27)19(31)24-2/h5-8,10,15H,3-4,9,11H2,1-2H3,(H,24,31)(H,25,30). The molecule has 0 saturated carbocycles. The minimum absolute atomic E-state index is 0.151. The molecule has 2 heterocycles. The van der Waals surface area contributed by atoms with E-state index >= 15 is 0 Å². The first kappa shape index (κ1) is 22.3. The van der Waals surface area contributed by atoms with Crippen LogP contribution in [0.1, 0.15) is 34.5 Å². The summed E-state index contributed by atoms with van der Waals surface area (Å²) in [6.45, 7) is 1.60. The molecule has 11 heteroatoms. The Hall–Kier alpha value is -3.37. The van der Waals surface area contributed by atoms with E-state index in [0.29, 0.717) is 24.1 Å². The summed E-state index contributed by atoms with van der Waals surface area (Å²) in [5.74, 6) is -1.94. The topological polar surface area (TPSA) is 96.3 Å². The Morgan fingerprint density at radius 3 is 2.48 bits per heavy atom. The van der Waals surface area contributed by atoms with Crippen molar-refractivity contribution in [1.82, 2.24) is 25.3 Å². The van der Waals surface area contributed by atoms with Crippen molar-refractivity contribution in [2.75, 3.05) is 20.1 Å². The molecule has 0 aliphatic carbocycles. The fourth-order valence-corrected chi connectivity index (χ4v) is 3.53. The van der Waals surface area contributed by atoms with Crippen molar-refractivity contribution in [3.63, 3.8) is 0 Å². The molecule has 166 valence electrons. The summed E-state index contributed by atoms with van der Waals surface area (Å²) in [4.78, 5) is 38.1. The Kier molecular flexibility index (Phi) is 6.32. The fraction of sp³-hybridized carbons (Fsp3) is 0.400. The van der Waals surface area contributed by atoms with Crippen LogP contribution >= 0.6 is 0 Å². The van der Waals surface area contributed by atoms with Crippen LogP contribution in [0, 0.1) is 6.92 Å². The van der Waals surface area contributed by atoms with Gasteiger partial charge in [0.2, 0.25) is 11.8 Å². The summed E-state index contributed by atoms with van der Waals surface area (Å²) >= 11 is 0. The lowest BCUT2D eigenvalue weighted by Gasteiger charge is -2.23. The van der Waals surface area contributed by atoms with E-state index in [9.17, 15) is 27.6 Å². The maximum atomic E-state index is 13.7. The molecule has 0 radical (unpaired) electrons. The predicted molar refractivity (Wildman–Crippen MR) is 104 cm³/mol. The van der Waals surface area contributed by atoms with Crippen molar-refractivity contribution in [2.24, 2.45) is 0 Å². The lowest BCUT2D eigenvalue weighted by molar-refractivity contribution is -0.143. The van der Waals surface area contributed by atoms with Gasteiger partial charge in [0, 0.05) is 13.6 Å². The summed E-state index contributed by atoms with van der Waals surface area (Å²) in [7, 11) is 1.45. The molecule has 1 aromatic carbocycles. The molecule has 8 nitrogen and oxygen atoms in total. The third-order valence-electron chi connectivity index (χ3n) is 5.08. The van der Waals surface area contributed by atoms with Gasteiger partial charge in [-0.2, -0.15) is 18.3 Å². The van der Waals surface area contributed by atoms with Crippen molar-refractivity contribution in [3.8, 4) is 5.69 Å². The van der Waals surface area contributed by atoms with Gasteiger partial charge in [-0.15, -0.1) is 0 Å². The number of aryl methyl sites for hydroxylation is 1. The van der Waals surface area contributed by atoms with Crippen LogP contribution in [0.4, 0.5) is 13.2 Å². The molecular formula is C20H22F3N5O3. The van der Waals surface area contributed by atoms with Gasteiger partial charge in [-0.05, 0) is 31.9 Å². The lowest BCUT2D eigenvalue weighted by Crippen LogP contribution is -2.48. The van der Waals surface area contributed by atoms with E-state index in [2.05, 4.69) is 15.7 Å². The second-order valence-electron chi connectivity index (χ2n) is 7.19. The highest BCUT2D eigenvalue weighted by Crippen LogP contribution is 2.33. The molecule has 2 N–H and O–H groups in total. The zero-order chi connectivity index (χ0) is 22.8. The summed E-state index contributed by atoms with van der Waals surface area (Å²) < 4.78 is 41.8. The minimum Gasteiger partial charge on any atom is -0.357 e. The number of likely N-dealkylation sites (tertiary alicyclic amines) is 1. The maximum Gasteiger partial charge on any atom is 0.434 e. The zero-order valence-corrected chi connectivity index (χ0v) is 17.0. The number of halogens is 3. The van der Waals surface area contributed by atoms with Crippen LogP contribution in [-0.4, -0.2) is 58.6 Å². The van der Waals surface area contributed by atoms with Gasteiger partial charge in [0.25, 0.3) is 5.91 Å². The number of likely N-dealkylation sites (N-methyl/N-ethyl adjacent to an activating group) is 1. The molecule has 1 aliphatic rings. The summed E-state index contributed by atoms with van der Waals surface area (Å²) in [5.41, 5.74) is -0.910. The molecule has 1 aliphatic heterocycles. The Balaban J connectivity index is 1.78. The van der Waals surface area contributed by atoms with Crippen LogP contribution < -0.4 is 10.6 Å². The van der Waals surface area contributed by atoms with Crippen LogP contribution in [0.2, 0.25) is 0 Å². The molecule has 1 fully saturated rings. The number of carbonyl (C=O) groups excluding carboxylic acids is 3. The lowest BCUT2D eigenvalue weighted by atomic mass is 10.2. The number of nitrogens with zero attached hydrogens (tertiary/aromatic N) is 3. The van der Waals surface area contributed by atoms with Gasteiger partial charge >= 0.3 is 6.18 Å². The molecular weight excluding hydrogens is 415 g/mol. The van der Waals surface area contributed by atoms with E-state index in [1.807, 2.05) is 0 Å². The summed E-state index contributed by atoms with van der Waals surface area (Å²) in [6.07, 6.45) is -2.91. The molecule has 1 saturated heterocycles. The molecule has 0 bridgehead atoms. The van der Waals surface area contributed by atoms with Crippen LogP contribution in [0.25, 0.3) is 5.69 Å². The van der Waals surface area contributed by atoms with Gasteiger partial charge in [0.1, 0.15) is 6.04 Å². The Morgan fingerprint density at radius 1 is 1.19 bits per heavy atom. The quantitative estimate of drug-likeness (QED) is 0.744. The first-order valence-corrected chi connectivity index (χ1v) is 9.65. The van der Waals surface area contributed by atoms with Crippen LogP contribution in [0.3, 0.4) is 0 Å². The zero-order valence-electron chi connectivity index (χ0n) is 17.0. The van der Waals surface area contributed by atoms with E-state index in [0.717, 1.165) is 11.8 Å². The minimum atomic E-state index is -4.85. The largest absolute Gasteiger partial charge is 0.434 e. The Morgan fingerprint density at radius 2 is 1.87 bits per heavy atom. The second-order valence-corrected chi connectivity index (χ2v) is 7.19. The number of rotatable bonds is 5. The van der Waals surface area contributed by atoms with Gasteiger partial charge < -0.3 is 15.5 Å². The number of aromatic nitrogens is 2. The second kappa shape index (κ2) is 8.78. The molecule has 1 atom stereocenters. The molecule has 1 aromatic heterocycles. The van der Waals surface area contributed by atoms with Crippen molar-refractivity contribution < 1.29 is 27.6 Å². The van der Waals surface area contributed by atoms with E-state index in [1.165, 1.54) is 24.1 Å². The Bertz CT molecular complexity index is 985. The van der Waals surface area contributed by atoms with E-state index in [4.69, 9.17) is 0 Å². The van der Waals surface area contributed by atoms with Crippen molar-refractivity contribution in [1.29, 1.82) is 0 Å². The highest BCUT2D eigenvalue weighted by Gasteiger charge is 2.41.